The van der Waals surface area contributed by atoms with E-state index in [1.807, 2.05) is 0 Å². The lowest BCUT2D eigenvalue weighted by Gasteiger charge is -2.48. The first-order chi connectivity index (χ1) is 10.5. The minimum Gasteiger partial charge on any atom is -0.375 e. The first-order valence-corrected chi connectivity index (χ1v) is 7.96. The van der Waals surface area contributed by atoms with Crippen molar-refractivity contribution in [2.45, 2.75) is 43.9 Å². The van der Waals surface area contributed by atoms with Gasteiger partial charge in [-0.2, -0.15) is 0 Å². The number of rotatable bonds is 2. The van der Waals surface area contributed by atoms with E-state index in [1.165, 1.54) is 0 Å². The van der Waals surface area contributed by atoms with E-state index in [4.69, 9.17) is 14.2 Å². The molecule has 0 aromatic rings. The van der Waals surface area contributed by atoms with Crippen LogP contribution in [0, 0.1) is 5.41 Å². The lowest BCUT2D eigenvalue weighted by Crippen LogP contribution is -2.65. The summed E-state index contributed by atoms with van der Waals surface area (Å²) in [5, 5.41) is 2.43. The Morgan fingerprint density at radius 3 is 2.27 bits per heavy atom. The van der Waals surface area contributed by atoms with Gasteiger partial charge in [0.05, 0.1) is 26.4 Å². The highest BCUT2D eigenvalue weighted by Crippen LogP contribution is 2.46. The molecule has 4 aliphatic rings. The molecule has 0 unspecified atom stereocenters. The number of carbonyl (C=O) groups excluding carboxylic acids is 2. The van der Waals surface area contributed by atoms with Crippen LogP contribution in [0.25, 0.3) is 0 Å². The summed E-state index contributed by atoms with van der Waals surface area (Å²) in [6, 6.07) is -0.289. The van der Waals surface area contributed by atoms with Crippen LogP contribution in [0.15, 0.2) is 0 Å². The lowest BCUT2D eigenvalue weighted by molar-refractivity contribution is -0.194. The van der Waals surface area contributed by atoms with Crippen molar-refractivity contribution >= 4 is 11.9 Å². The fraction of sp³-hybridized carbons (Fsp3) is 0.867. The Morgan fingerprint density at radius 2 is 1.73 bits per heavy atom. The van der Waals surface area contributed by atoms with Crippen LogP contribution in [0.5, 0.6) is 0 Å². The molecule has 3 heterocycles. The molecule has 1 saturated carbocycles. The Balaban J connectivity index is 1.46. The van der Waals surface area contributed by atoms with Crippen molar-refractivity contribution in [1.82, 2.24) is 10.2 Å². The number of urea groups is 1. The summed E-state index contributed by atoms with van der Waals surface area (Å²) in [5.41, 5.74) is -0.791. The predicted octanol–water partition coefficient (Wildman–Crippen LogP) is 0.631. The van der Waals surface area contributed by atoms with E-state index in [-0.39, 0.29) is 17.4 Å². The third-order valence-electron chi connectivity index (χ3n) is 5.66. The largest absolute Gasteiger partial charge is 0.375 e. The van der Waals surface area contributed by atoms with Crippen molar-refractivity contribution in [3.05, 3.63) is 0 Å². The molecule has 7 nitrogen and oxygen atoms in total. The standard InChI is InChI=1S/C15H22N2O5/c1-13(2-4-15(5-3-13)21-6-7-22-15)8-17-12(19)16-11(18)14(17)9-20-10-14/h2-10H2,1H3,(H,16,18,19). The fourth-order valence-corrected chi connectivity index (χ4v) is 3.96. The van der Waals surface area contributed by atoms with Crippen molar-refractivity contribution in [3.63, 3.8) is 0 Å². The normalized spacial score (nSPS) is 31.6. The molecule has 0 aromatic carbocycles. The molecule has 122 valence electrons. The highest BCUT2D eigenvalue weighted by Gasteiger charge is 2.59. The first-order valence-electron chi connectivity index (χ1n) is 7.96. The smallest absolute Gasteiger partial charge is 0.325 e. The van der Waals surface area contributed by atoms with Crippen LogP contribution in [0.1, 0.15) is 32.6 Å². The van der Waals surface area contributed by atoms with E-state index >= 15 is 0 Å². The molecule has 1 N–H and O–H groups in total. The summed E-state index contributed by atoms with van der Waals surface area (Å²) >= 11 is 0. The average molecular weight is 310 g/mol. The second-order valence-electron chi connectivity index (χ2n) is 7.29. The zero-order valence-corrected chi connectivity index (χ0v) is 12.9. The average Bonchev–Trinajstić information content (AvgIpc) is 2.98. The number of nitrogens with one attached hydrogen (secondary N) is 1. The van der Waals surface area contributed by atoms with Crippen LogP contribution >= 0.6 is 0 Å². The van der Waals surface area contributed by atoms with Crippen LogP contribution in [-0.4, -0.2) is 61.1 Å². The number of carbonyl (C=O) groups is 2. The summed E-state index contributed by atoms with van der Waals surface area (Å²) in [7, 11) is 0. The van der Waals surface area contributed by atoms with Crippen molar-refractivity contribution in [1.29, 1.82) is 0 Å². The van der Waals surface area contributed by atoms with Crippen molar-refractivity contribution in [2.75, 3.05) is 33.0 Å². The third kappa shape index (κ3) is 1.99. The van der Waals surface area contributed by atoms with Crippen molar-refractivity contribution < 1.29 is 23.8 Å². The first kappa shape index (κ1) is 14.4. The second-order valence-corrected chi connectivity index (χ2v) is 7.29. The van der Waals surface area contributed by atoms with Gasteiger partial charge >= 0.3 is 6.03 Å². The molecule has 22 heavy (non-hydrogen) atoms. The Hall–Kier alpha value is -1.18. The number of ether oxygens (including phenoxy) is 3. The molecular weight excluding hydrogens is 288 g/mol. The third-order valence-corrected chi connectivity index (χ3v) is 5.66. The fourth-order valence-electron chi connectivity index (χ4n) is 3.96. The van der Waals surface area contributed by atoms with Gasteiger partial charge in [-0.25, -0.2) is 4.79 Å². The monoisotopic (exact) mass is 310 g/mol. The molecule has 0 bridgehead atoms. The number of hydrogen-bond acceptors (Lipinski definition) is 5. The SMILES string of the molecule is CC1(CN2C(=O)NC(=O)C23COC3)CCC2(CC1)OCCO2. The van der Waals surface area contributed by atoms with Gasteiger partial charge in [-0.1, -0.05) is 6.92 Å². The van der Waals surface area contributed by atoms with E-state index in [1.54, 1.807) is 4.90 Å². The molecule has 0 atom stereocenters. The summed E-state index contributed by atoms with van der Waals surface area (Å²) in [4.78, 5) is 25.9. The quantitative estimate of drug-likeness (QED) is 0.757. The topological polar surface area (TPSA) is 77.1 Å². The van der Waals surface area contributed by atoms with Crippen molar-refractivity contribution in [2.24, 2.45) is 5.41 Å². The molecular formula is C15H22N2O5. The van der Waals surface area contributed by atoms with E-state index < -0.39 is 11.3 Å². The van der Waals surface area contributed by atoms with Gasteiger partial charge in [0.1, 0.15) is 0 Å². The van der Waals surface area contributed by atoms with Crippen LogP contribution < -0.4 is 5.32 Å². The van der Waals surface area contributed by atoms with Gasteiger partial charge < -0.3 is 19.1 Å². The minimum atomic E-state index is -0.768. The molecule has 0 aromatic heterocycles. The Bertz CT molecular complexity index is 500. The van der Waals surface area contributed by atoms with E-state index in [0.717, 1.165) is 25.7 Å². The molecule has 2 spiro atoms. The summed E-state index contributed by atoms with van der Waals surface area (Å²) in [6.07, 6.45) is 3.52. The van der Waals surface area contributed by atoms with Gasteiger partial charge in [0.15, 0.2) is 11.3 Å². The zero-order valence-electron chi connectivity index (χ0n) is 12.9. The van der Waals surface area contributed by atoms with E-state index in [9.17, 15) is 9.59 Å². The van der Waals surface area contributed by atoms with Gasteiger partial charge in [0.25, 0.3) is 5.91 Å². The number of amides is 3. The second kappa shape index (κ2) is 4.66. The summed E-state index contributed by atoms with van der Waals surface area (Å²) in [6.45, 7) is 4.69. The van der Waals surface area contributed by atoms with Crippen LogP contribution in [0.3, 0.4) is 0 Å². The molecule has 4 rings (SSSR count). The van der Waals surface area contributed by atoms with Gasteiger partial charge in [0.2, 0.25) is 0 Å². The van der Waals surface area contributed by atoms with Crippen LogP contribution in [-0.2, 0) is 19.0 Å². The summed E-state index contributed by atoms with van der Waals surface area (Å²) < 4.78 is 16.7. The molecule has 3 saturated heterocycles. The van der Waals surface area contributed by atoms with E-state index in [0.29, 0.717) is 33.0 Å². The Morgan fingerprint density at radius 1 is 1.09 bits per heavy atom. The molecule has 0 radical (unpaired) electrons. The zero-order chi connectivity index (χ0) is 15.4. The maximum Gasteiger partial charge on any atom is 0.325 e. The maximum absolute atomic E-state index is 12.1. The van der Waals surface area contributed by atoms with E-state index in [2.05, 4.69) is 12.2 Å². The highest BCUT2D eigenvalue weighted by molar-refractivity contribution is 6.07. The lowest BCUT2D eigenvalue weighted by atomic mass is 9.72. The van der Waals surface area contributed by atoms with Gasteiger partial charge in [-0.3, -0.25) is 10.1 Å². The van der Waals surface area contributed by atoms with Crippen LogP contribution in [0.4, 0.5) is 4.79 Å². The number of hydrogen-bond donors (Lipinski definition) is 1. The van der Waals surface area contributed by atoms with Gasteiger partial charge in [-0.15, -0.1) is 0 Å². The number of nitrogens with zero attached hydrogens (tertiary/aromatic N) is 1. The maximum atomic E-state index is 12.1. The number of imide groups is 1. The Kier molecular flexibility index (Phi) is 3.05. The Labute approximate surface area is 129 Å². The molecule has 3 amide bonds. The van der Waals surface area contributed by atoms with Crippen LogP contribution in [0.2, 0.25) is 0 Å². The highest BCUT2D eigenvalue weighted by atomic mass is 16.7. The van der Waals surface area contributed by atoms with Crippen molar-refractivity contribution in [3.8, 4) is 0 Å². The molecule has 7 heteroatoms. The molecule has 1 aliphatic carbocycles. The van der Waals surface area contributed by atoms with Gasteiger partial charge in [-0.05, 0) is 18.3 Å². The molecule has 4 fully saturated rings. The minimum absolute atomic E-state index is 0.0227. The van der Waals surface area contributed by atoms with Gasteiger partial charge in [0, 0.05) is 19.4 Å². The molecule has 3 aliphatic heterocycles. The summed E-state index contributed by atoms with van der Waals surface area (Å²) in [5.74, 6) is -0.623. The predicted molar refractivity (Wildman–Crippen MR) is 75.0 cm³/mol.